The van der Waals surface area contributed by atoms with E-state index in [0.717, 1.165) is 12.8 Å². The molecule has 0 atom stereocenters. The van der Waals surface area contributed by atoms with E-state index in [-0.39, 0.29) is 5.78 Å². The Hall–Kier alpha value is -1.13. The average molecular weight is 283 g/mol. The number of hydrogen-bond acceptors (Lipinski definition) is 3. The molecule has 1 aromatic heterocycles. The van der Waals surface area contributed by atoms with Crippen molar-refractivity contribution in [1.29, 1.82) is 0 Å². The summed E-state index contributed by atoms with van der Waals surface area (Å²) in [6.07, 6.45) is 8.68. The van der Waals surface area contributed by atoms with Crippen LogP contribution in [0.2, 0.25) is 5.02 Å². The maximum atomic E-state index is 12.4. The van der Waals surface area contributed by atoms with Gasteiger partial charge in [-0.3, -0.25) is 9.48 Å². The Kier molecular flexibility index (Phi) is 5.16. The minimum atomic E-state index is 0.0479. The Balaban J connectivity index is 2.09. The molecule has 1 aliphatic carbocycles. The van der Waals surface area contributed by atoms with Crippen molar-refractivity contribution in [3.63, 3.8) is 0 Å². The van der Waals surface area contributed by atoms with Gasteiger partial charge in [-0.2, -0.15) is 5.10 Å². The molecule has 0 aliphatic heterocycles. The van der Waals surface area contributed by atoms with Gasteiger partial charge in [0.1, 0.15) is 5.69 Å². The zero-order valence-corrected chi connectivity index (χ0v) is 11.9. The first-order valence-electron chi connectivity index (χ1n) is 6.63. The van der Waals surface area contributed by atoms with Crippen LogP contribution in [0.3, 0.4) is 0 Å². The molecular formula is C14H19ClN2O2. The van der Waals surface area contributed by atoms with Crippen LogP contribution in [0.5, 0.6) is 0 Å². The fourth-order valence-corrected chi connectivity index (χ4v) is 2.59. The Morgan fingerprint density at radius 3 is 3.05 bits per heavy atom. The van der Waals surface area contributed by atoms with E-state index < -0.39 is 0 Å². The Bertz CT molecular complexity index is 480. The number of allylic oxidation sites excluding steroid dienone is 2. The Morgan fingerprint density at radius 1 is 1.53 bits per heavy atom. The molecule has 2 rings (SSSR count). The number of Topliss-reactive ketones (excluding diaryl/α,β-unsaturated/α-hetero) is 1. The van der Waals surface area contributed by atoms with Gasteiger partial charge in [0.15, 0.2) is 5.78 Å². The molecule has 19 heavy (non-hydrogen) atoms. The normalized spacial score (nSPS) is 15.4. The number of rotatable bonds is 6. The van der Waals surface area contributed by atoms with Gasteiger partial charge in [0, 0.05) is 13.5 Å². The van der Waals surface area contributed by atoms with Crippen LogP contribution in [0, 0.1) is 0 Å². The van der Waals surface area contributed by atoms with Gasteiger partial charge >= 0.3 is 0 Å². The zero-order valence-electron chi connectivity index (χ0n) is 11.2. The maximum absolute atomic E-state index is 12.4. The molecule has 0 aromatic carbocycles. The highest BCUT2D eigenvalue weighted by Gasteiger charge is 2.19. The molecule has 0 fully saturated rings. The van der Waals surface area contributed by atoms with E-state index in [4.69, 9.17) is 16.3 Å². The Morgan fingerprint density at radius 2 is 2.37 bits per heavy atom. The molecule has 0 N–H and O–H groups in total. The molecule has 0 saturated carbocycles. The first kappa shape index (κ1) is 14.3. The van der Waals surface area contributed by atoms with Crippen molar-refractivity contribution < 1.29 is 9.53 Å². The lowest BCUT2D eigenvalue weighted by molar-refractivity contribution is 0.0977. The number of nitrogens with zero attached hydrogens (tertiary/aromatic N) is 2. The van der Waals surface area contributed by atoms with Gasteiger partial charge in [-0.05, 0) is 25.7 Å². The summed E-state index contributed by atoms with van der Waals surface area (Å²) in [6, 6.07) is 0. The number of methoxy groups -OCH3 is 1. The molecule has 0 amide bonds. The van der Waals surface area contributed by atoms with Crippen molar-refractivity contribution in [2.45, 2.75) is 38.6 Å². The van der Waals surface area contributed by atoms with Gasteiger partial charge in [-0.1, -0.05) is 23.3 Å². The number of aromatic nitrogens is 2. The van der Waals surface area contributed by atoms with Crippen molar-refractivity contribution in [1.82, 2.24) is 9.78 Å². The van der Waals surface area contributed by atoms with E-state index in [9.17, 15) is 4.79 Å². The predicted molar refractivity (Wildman–Crippen MR) is 74.6 cm³/mol. The van der Waals surface area contributed by atoms with Crippen LogP contribution < -0.4 is 0 Å². The van der Waals surface area contributed by atoms with Crippen LogP contribution in [0.1, 0.15) is 42.6 Å². The number of carbonyl (C=O) groups is 1. The van der Waals surface area contributed by atoms with Crippen LogP contribution >= 0.6 is 11.6 Å². The van der Waals surface area contributed by atoms with E-state index in [0.29, 0.717) is 30.3 Å². The van der Waals surface area contributed by atoms with E-state index in [2.05, 4.69) is 11.2 Å². The summed E-state index contributed by atoms with van der Waals surface area (Å²) in [7, 11) is 1.62. The average Bonchev–Trinajstić information content (AvgIpc) is 2.78. The SMILES string of the molecule is COCCn1ncc(Cl)c1C(=O)CC1=CCCCC1. The summed E-state index contributed by atoms with van der Waals surface area (Å²) in [4.78, 5) is 12.4. The molecule has 0 bridgehead atoms. The lowest BCUT2D eigenvalue weighted by Crippen LogP contribution is -2.14. The van der Waals surface area contributed by atoms with Gasteiger partial charge in [-0.15, -0.1) is 0 Å². The lowest BCUT2D eigenvalue weighted by atomic mass is 9.95. The second-order valence-corrected chi connectivity index (χ2v) is 5.17. The maximum Gasteiger partial charge on any atom is 0.186 e. The van der Waals surface area contributed by atoms with E-state index in [1.54, 1.807) is 11.8 Å². The fourth-order valence-electron chi connectivity index (χ4n) is 2.34. The van der Waals surface area contributed by atoms with Gasteiger partial charge < -0.3 is 4.74 Å². The van der Waals surface area contributed by atoms with Crippen LogP contribution in [0.15, 0.2) is 17.8 Å². The fraction of sp³-hybridized carbons (Fsp3) is 0.571. The highest BCUT2D eigenvalue weighted by atomic mass is 35.5. The molecule has 0 saturated heterocycles. The third kappa shape index (κ3) is 3.67. The van der Waals surface area contributed by atoms with E-state index in [1.165, 1.54) is 24.6 Å². The highest BCUT2D eigenvalue weighted by Crippen LogP contribution is 2.24. The number of carbonyl (C=O) groups excluding carboxylic acids is 1. The summed E-state index contributed by atoms with van der Waals surface area (Å²) in [6.45, 7) is 1.06. The topological polar surface area (TPSA) is 44.1 Å². The first-order chi connectivity index (χ1) is 9.22. The molecule has 1 aromatic rings. The van der Waals surface area contributed by atoms with E-state index >= 15 is 0 Å². The summed E-state index contributed by atoms with van der Waals surface area (Å²) >= 11 is 6.07. The summed E-state index contributed by atoms with van der Waals surface area (Å²) in [5, 5.41) is 4.56. The molecule has 4 nitrogen and oxygen atoms in total. The number of hydrogen-bond donors (Lipinski definition) is 0. The van der Waals surface area contributed by atoms with Crippen LogP contribution in [0.25, 0.3) is 0 Å². The predicted octanol–water partition coefficient (Wildman–Crippen LogP) is 3.26. The molecule has 0 radical (unpaired) electrons. The number of halogens is 1. The van der Waals surface area contributed by atoms with Crippen molar-refractivity contribution in [2.24, 2.45) is 0 Å². The third-order valence-electron chi connectivity index (χ3n) is 3.34. The second kappa shape index (κ2) is 6.87. The summed E-state index contributed by atoms with van der Waals surface area (Å²) < 4.78 is 6.65. The molecule has 0 unspecified atom stereocenters. The minimum Gasteiger partial charge on any atom is -0.383 e. The van der Waals surface area contributed by atoms with Crippen molar-refractivity contribution in [2.75, 3.05) is 13.7 Å². The van der Waals surface area contributed by atoms with Crippen molar-refractivity contribution in [3.05, 3.63) is 28.6 Å². The van der Waals surface area contributed by atoms with E-state index in [1.807, 2.05) is 0 Å². The largest absolute Gasteiger partial charge is 0.383 e. The van der Waals surface area contributed by atoms with Crippen LogP contribution in [0.4, 0.5) is 0 Å². The van der Waals surface area contributed by atoms with Crippen molar-refractivity contribution >= 4 is 17.4 Å². The van der Waals surface area contributed by atoms with Gasteiger partial charge in [0.2, 0.25) is 0 Å². The second-order valence-electron chi connectivity index (χ2n) is 4.77. The summed E-state index contributed by atoms with van der Waals surface area (Å²) in [5.74, 6) is 0.0479. The molecule has 5 heteroatoms. The monoisotopic (exact) mass is 282 g/mol. The molecule has 1 heterocycles. The third-order valence-corrected chi connectivity index (χ3v) is 3.62. The Labute approximate surface area is 118 Å². The standard InChI is InChI=1S/C14H19ClN2O2/c1-19-8-7-17-14(12(15)10-16-17)13(18)9-11-5-3-2-4-6-11/h5,10H,2-4,6-9H2,1H3. The first-order valence-corrected chi connectivity index (χ1v) is 7.01. The number of ketones is 1. The van der Waals surface area contributed by atoms with Crippen LogP contribution in [-0.2, 0) is 11.3 Å². The quantitative estimate of drug-likeness (QED) is 0.594. The lowest BCUT2D eigenvalue weighted by Gasteiger charge is -2.12. The van der Waals surface area contributed by atoms with Gasteiger partial charge in [0.25, 0.3) is 0 Å². The van der Waals surface area contributed by atoms with Gasteiger partial charge in [-0.25, -0.2) is 0 Å². The van der Waals surface area contributed by atoms with Gasteiger partial charge in [0.05, 0.1) is 24.4 Å². The smallest absolute Gasteiger partial charge is 0.186 e. The summed E-state index contributed by atoms with van der Waals surface area (Å²) in [5.41, 5.74) is 1.73. The molecule has 104 valence electrons. The van der Waals surface area contributed by atoms with Crippen LogP contribution in [-0.4, -0.2) is 29.3 Å². The molecular weight excluding hydrogens is 264 g/mol. The number of ether oxygens (including phenoxy) is 1. The zero-order chi connectivity index (χ0) is 13.7. The molecule has 0 spiro atoms. The molecule has 1 aliphatic rings. The van der Waals surface area contributed by atoms with Crippen molar-refractivity contribution in [3.8, 4) is 0 Å². The minimum absolute atomic E-state index is 0.0479. The highest BCUT2D eigenvalue weighted by molar-refractivity contribution is 6.33.